The minimum Gasteiger partial charge on any atom is -0.326 e. The van der Waals surface area contributed by atoms with Gasteiger partial charge in [0.05, 0.1) is 0 Å². The summed E-state index contributed by atoms with van der Waals surface area (Å²) in [5.41, 5.74) is 7.07. The van der Waals surface area contributed by atoms with Crippen LogP contribution in [0.5, 0.6) is 0 Å². The normalized spacial score (nSPS) is 52.6. The molecule has 20 heavy (non-hydrogen) atoms. The lowest BCUT2D eigenvalue weighted by Gasteiger charge is -2.55. The Kier molecular flexibility index (Phi) is 2.63. The number of nitrogens with two attached hydrogens (primary N) is 1. The van der Waals surface area contributed by atoms with Crippen LogP contribution in [0.2, 0.25) is 0 Å². The van der Waals surface area contributed by atoms with Crippen LogP contribution in [0.3, 0.4) is 0 Å². The van der Waals surface area contributed by atoms with E-state index in [0.29, 0.717) is 11.5 Å². The first-order valence-corrected chi connectivity index (χ1v) is 9.20. The van der Waals surface area contributed by atoms with Crippen molar-refractivity contribution in [1.29, 1.82) is 0 Å². The van der Waals surface area contributed by atoms with Gasteiger partial charge in [0.15, 0.2) is 0 Å². The molecule has 1 spiro atoms. The van der Waals surface area contributed by atoms with E-state index in [9.17, 15) is 0 Å². The summed E-state index contributed by atoms with van der Waals surface area (Å²) in [5, 5.41) is 0. The summed E-state index contributed by atoms with van der Waals surface area (Å²) >= 11 is 0. The van der Waals surface area contributed by atoms with Gasteiger partial charge in [-0.25, -0.2) is 0 Å². The van der Waals surface area contributed by atoms with Crippen molar-refractivity contribution in [2.75, 3.05) is 19.6 Å². The summed E-state index contributed by atoms with van der Waals surface area (Å²) in [5.74, 6) is 5.43. The molecule has 2 N–H and O–H groups in total. The van der Waals surface area contributed by atoms with Crippen molar-refractivity contribution in [3.63, 3.8) is 0 Å². The molecule has 1 aliphatic heterocycles. The lowest BCUT2D eigenvalue weighted by atomic mass is 9.52. The lowest BCUT2D eigenvalue weighted by molar-refractivity contribution is -0.0533. The molecule has 0 aromatic heterocycles. The fourth-order valence-electron chi connectivity index (χ4n) is 6.71. The van der Waals surface area contributed by atoms with E-state index in [0.717, 1.165) is 29.6 Å². The summed E-state index contributed by atoms with van der Waals surface area (Å²) in [4.78, 5) is 2.75. The molecule has 5 aliphatic carbocycles. The molecule has 0 aromatic rings. The van der Waals surface area contributed by atoms with Crippen LogP contribution >= 0.6 is 0 Å². The maximum atomic E-state index is 6.47. The van der Waals surface area contributed by atoms with Crippen molar-refractivity contribution in [1.82, 2.24) is 4.90 Å². The first-order valence-electron chi connectivity index (χ1n) is 9.20. The van der Waals surface area contributed by atoms with Crippen LogP contribution in [0, 0.1) is 35.0 Å². The molecule has 2 nitrogen and oxygen atoms in total. The maximum Gasteiger partial charge on any atom is 0.0225 e. The summed E-state index contributed by atoms with van der Waals surface area (Å²) in [6, 6.07) is 0.480. The molecule has 1 saturated heterocycles. The van der Waals surface area contributed by atoms with Crippen molar-refractivity contribution in [2.45, 2.75) is 57.4 Å². The largest absolute Gasteiger partial charge is 0.326 e. The van der Waals surface area contributed by atoms with Crippen LogP contribution in [-0.4, -0.2) is 30.6 Å². The molecule has 6 aliphatic rings. The molecule has 0 aromatic carbocycles. The average Bonchev–Trinajstić information content (AvgIpc) is 3.19. The van der Waals surface area contributed by atoms with Gasteiger partial charge in [-0.1, -0.05) is 0 Å². The third-order valence-corrected chi connectivity index (χ3v) is 7.95. The van der Waals surface area contributed by atoms with Crippen LogP contribution in [0.25, 0.3) is 0 Å². The predicted octanol–water partition coefficient (Wildman–Crippen LogP) is 2.87. The van der Waals surface area contributed by atoms with E-state index in [1.807, 2.05) is 0 Å². The van der Waals surface area contributed by atoms with E-state index < -0.39 is 0 Å². The smallest absolute Gasteiger partial charge is 0.0225 e. The Morgan fingerprint density at radius 3 is 2.10 bits per heavy atom. The second-order valence-electron chi connectivity index (χ2n) is 9.07. The first-order chi connectivity index (χ1) is 9.72. The second kappa shape index (κ2) is 4.23. The maximum absolute atomic E-state index is 6.47. The van der Waals surface area contributed by atoms with Gasteiger partial charge in [0.2, 0.25) is 0 Å². The fourth-order valence-corrected chi connectivity index (χ4v) is 6.71. The van der Waals surface area contributed by atoms with E-state index in [1.54, 1.807) is 32.1 Å². The highest BCUT2D eigenvalue weighted by molar-refractivity contribution is 5.06. The van der Waals surface area contributed by atoms with E-state index in [2.05, 4.69) is 4.90 Å². The fraction of sp³-hybridized carbons (Fsp3) is 1.00. The minimum absolute atomic E-state index is 0.480. The number of nitrogens with zero attached hydrogens (tertiary/aromatic N) is 1. The van der Waals surface area contributed by atoms with Gasteiger partial charge in [0, 0.05) is 19.1 Å². The Labute approximate surface area is 123 Å². The quantitative estimate of drug-likeness (QED) is 0.839. The van der Waals surface area contributed by atoms with Gasteiger partial charge in [-0.2, -0.15) is 0 Å². The number of likely N-dealkylation sites (tertiary alicyclic amines) is 1. The molecule has 1 atom stereocenters. The number of hydrogen-bond donors (Lipinski definition) is 1. The minimum atomic E-state index is 0.480. The summed E-state index contributed by atoms with van der Waals surface area (Å²) < 4.78 is 0. The highest BCUT2D eigenvalue weighted by atomic mass is 15.2. The lowest BCUT2D eigenvalue weighted by Crippen LogP contribution is -2.54. The SMILES string of the molecule is NC1CN(CC2C3CC4CC(C3)CC2C4)CCC12CC2. The monoisotopic (exact) mass is 274 g/mol. The molecule has 0 amide bonds. The third-order valence-electron chi connectivity index (χ3n) is 7.95. The Bertz CT molecular complexity index is 372. The molecule has 4 bridgehead atoms. The van der Waals surface area contributed by atoms with Crippen LogP contribution in [-0.2, 0) is 0 Å². The Balaban J connectivity index is 1.26. The predicted molar refractivity (Wildman–Crippen MR) is 81.2 cm³/mol. The second-order valence-corrected chi connectivity index (χ2v) is 9.07. The molecule has 0 radical (unpaired) electrons. The summed E-state index contributed by atoms with van der Waals surface area (Å²) in [6.45, 7) is 3.93. The number of rotatable bonds is 2. The zero-order valence-electron chi connectivity index (χ0n) is 12.8. The van der Waals surface area contributed by atoms with Crippen molar-refractivity contribution < 1.29 is 0 Å². The van der Waals surface area contributed by atoms with Gasteiger partial charge in [0.1, 0.15) is 0 Å². The van der Waals surface area contributed by atoms with Crippen LogP contribution in [0.15, 0.2) is 0 Å². The van der Waals surface area contributed by atoms with Gasteiger partial charge in [0.25, 0.3) is 0 Å². The third kappa shape index (κ3) is 1.83. The van der Waals surface area contributed by atoms with Crippen LogP contribution in [0.4, 0.5) is 0 Å². The zero-order valence-corrected chi connectivity index (χ0v) is 12.8. The molecule has 6 fully saturated rings. The van der Waals surface area contributed by atoms with E-state index in [1.165, 1.54) is 38.9 Å². The highest BCUT2D eigenvalue weighted by Gasteiger charge is 2.52. The van der Waals surface area contributed by atoms with Gasteiger partial charge >= 0.3 is 0 Å². The van der Waals surface area contributed by atoms with E-state index in [-0.39, 0.29) is 0 Å². The van der Waals surface area contributed by atoms with Gasteiger partial charge in [-0.05, 0) is 92.9 Å². The summed E-state index contributed by atoms with van der Waals surface area (Å²) in [6.07, 6.45) is 12.1. The van der Waals surface area contributed by atoms with Crippen molar-refractivity contribution in [3.05, 3.63) is 0 Å². The molecule has 2 heteroatoms. The van der Waals surface area contributed by atoms with Gasteiger partial charge < -0.3 is 10.6 Å². The Hall–Kier alpha value is -0.0800. The van der Waals surface area contributed by atoms with E-state index >= 15 is 0 Å². The average molecular weight is 274 g/mol. The highest BCUT2D eigenvalue weighted by Crippen LogP contribution is 2.57. The molecule has 1 unspecified atom stereocenters. The molecule has 6 rings (SSSR count). The zero-order chi connectivity index (χ0) is 13.3. The van der Waals surface area contributed by atoms with Gasteiger partial charge in [-0.3, -0.25) is 0 Å². The first kappa shape index (κ1) is 12.5. The molecular weight excluding hydrogens is 244 g/mol. The van der Waals surface area contributed by atoms with Crippen molar-refractivity contribution >= 4 is 0 Å². The van der Waals surface area contributed by atoms with Crippen molar-refractivity contribution in [2.24, 2.45) is 40.7 Å². The van der Waals surface area contributed by atoms with Gasteiger partial charge in [-0.15, -0.1) is 0 Å². The van der Waals surface area contributed by atoms with Crippen molar-refractivity contribution in [3.8, 4) is 0 Å². The standard InChI is InChI=1S/C18H30N2/c19-17-11-20(4-3-18(17)1-2-18)10-16-14-6-12-5-13(8-14)9-15(16)7-12/h12-17H,1-11,19H2. The molecule has 112 valence electrons. The topological polar surface area (TPSA) is 29.3 Å². The van der Waals surface area contributed by atoms with E-state index in [4.69, 9.17) is 5.73 Å². The molecule has 1 heterocycles. The summed E-state index contributed by atoms with van der Waals surface area (Å²) in [7, 11) is 0. The molecule has 5 saturated carbocycles. The number of piperidine rings is 1. The Morgan fingerprint density at radius 1 is 0.900 bits per heavy atom. The molecular formula is C18H30N2. The van der Waals surface area contributed by atoms with Crippen LogP contribution in [0.1, 0.15) is 51.4 Å². The number of hydrogen-bond acceptors (Lipinski definition) is 2. The van der Waals surface area contributed by atoms with Crippen LogP contribution < -0.4 is 5.73 Å². The Morgan fingerprint density at radius 2 is 1.55 bits per heavy atom.